The van der Waals surface area contributed by atoms with Crippen molar-refractivity contribution < 1.29 is 19.8 Å². The van der Waals surface area contributed by atoms with E-state index in [0.29, 0.717) is 5.69 Å². The molecule has 0 saturated carbocycles. The van der Waals surface area contributed by atoms with E-state index in [2.05, 4.69) is 17.1 Å². The number of fused-ring (bicyclic) bond motifs is 2. The fraction of sp³-hybridized carbons (Fsp3) is 0.478. The Balaban J connectivity index is 0.000000858. The van der Waals surface area contributed by atoms with Crippen LogP contribution >= 0.6 is 0 Å². The second kappa shape index (κ2) is 9.43. The van der Waals surface area contributed by atoms with Gasteiger partial charge in [-0.15, -0.1) is 0 Å². The van der Waals surface area contributed by atoms with Crippen LogP contribution in [0.3, 0.4) is 0 Å². The van der Waals surface area contributed by atoms with Gasteiger partial charge in [0.1, 0.15) is 6.54 Å². The number of carbonyl (C=O) groups excluding carboxylic acids is 1. The van der Waals surface area contributed by atoms with E-state index in [9.17, 15) is 14.7 Å². The highest BCUT2D eigenvalue weighted by molar-refractivity contribution is 5.78. The second-order valence-corrected chi connectivity index (χ2v) is 8.45. The highest BCUT2D eigenvalue weighted by atomic mass is 16.3. The van der Waals surface area contributed by atoms with Gasteiger partial charge in [-0.1, -0.05) is 30.3 Å². The molecule has 2 N–H and O–H groups in total. The van der Waals surface area contributed by atoms with Crippen LogP contribution in [0.2, 0.25) is 0 Å². The Hall–Kier alpha value is -3.00. The summed E-state index contributed by atoms with van der Waals surface area (Å²) < 4.78 is 1.45. The van der Waals surface area contributed by atoms with E-state index in [1.54, 1.807) is 6.92 Å². The molecule has 2 aliphatic heterocycles. The maximum Gasteiger partial charge on any atom is 0.348 e. The third-order valence-corrected chi connectivity index (χ3v) is 6.49. The summed E-state index contributed by atoms with van der Waals surface area (Å²) in [6.07, 6.45) is 3.45. The third-order valence-electron chi connectivity index (χ3n) is 6.49. The first-order valence-corrected chi connectivity index (χ1v) is 10.4. The molecular weight excluding hydrogens is 398 g/mol. The van der Waals surface area contributed by atoms with Crippen LogP contribution in [0.15, 0.2) is 41.2 Å². The predicted octanol–water partition coefficient (Wildman–Crippen LogP) is 1.55. The van der Waals surface area contributed by atoms with Gasteiger partial charge < -0.3 is 15.1 Å². The molecule has 0 radical (unpaired) electrons. The zero-order chi connectivity index (χ0) is 22.6. The Labute approximate surface area is 181 Å². The van der Waals surface area contributed by atoms with Crippen LogP contribution in [0.5, 0.6) is 0 Å². The highest BCUT2D eigenvalue weighted by Crippen LogP contribution is 2.51. The number of amides is 1. The van der Waals surface area contributed by atoms with Crippen molar-refractivity contribution in [2.24, 2.45) is 5.41 Å². The molecule has 3 heterocycles. The zero-order valence-electron chi connectivity index (χ0n) is 17.9. The lowest BCUT2D eigenvalue weighted by molar-refractivity contribution is -0.134. The summed E-state index contributed by atoms with van der Waals surface area (Å²) in [7, 11) is 0. The highest BCUT2D eigenvalue weighted by Gasteiger charge is 2.56. The monoisotopic (exact) mass is 427 g/mol. The summed E-state index contributed by atoms with van der Waals surface area (Å²) in [6, 6.07) is 12.1. The van der Waals surface area contributed by atoms with Crippen molar-refractivity contribution in [2.75, 3.05) is 6.61 Å². The average molecular weight is 428 g/mol. The number of aromatic nitrogens is 2. The maximum absolute atomic E-state index is 13.2. The third kappa shape index (κ3) is 4.54. The number of carbonyl (C=O) groups is 2. The molecule has 2 bridgehead atoms. The molecule has 2 aromatic rings. The second-order valence-electron chi connectivity index (χ2n) is 8.45. The van der Waals surface area contributed by atoms with Gasteiger partial charge in [0.15, 0.2) is 0 Å². The molecule has 166 valence electrons. The zero-order valence-corrected chi connectivity index (χ0v) is 17.9. The van der Waals surface area contributed by atoms with E-state index in [1.165, 1.54) is 10.1 Å². The van der Waals surface area contributed by atoms with Crippen LogP contribution in [0.25, 0.3) is 0 Å². The van der Waals surface area contributed by atoms with Crippen LogP contribution in [0, 0.1) is 19.3 Å². The number of rotatable bonds is 5. The number of hydrogen-bond acceptors (Lipinski definition) is 5. The lowest BCUT2D eigenvalue weighted by atomic mass is 9.70. The minimum absolute atomic E-state index is 0.0117. The molecule has 8 heteroatoms. The molecule has 8 nitrogen and oxygen atoms in total. The number of aliphatic hydroxyl groups excluding tert-OH is 1. The lowest BCUT2D eigenvalue weighted by Gasteiger charge is -2.36. The van der Waals surface area contributed by atoms with E-state index in [0.717, 1.165) is 31.4 Å². The Bertz CT molecular complexity index is 990. The molecule has 0 unspecified atom stereocenters. The quantitative estimate of drug-likeness (QED) is 0.700. The smallest absolute Gasteiger partial charge is 0.348 e. The van der Waals surface area contributed by atoms with E-state index >= 15 is 0 Å². The van der Waals surface area contributed by atoms with Gasteiger partial charge in [-0.05, 0) is 51.2 Å². The van der Waals surface area contributed by atoms with Crippen LogP contribution in [-0.4, -0.2) is 55.7 Å². The maximum atomic E-state index is 13.2. The molecule has 2 aliphatic rings. The van der Waals surface area contributed by atoms with E-state index < -0.39 is 0 Å². The van der Waals surface area contributed by atoms with Crippen LogP contribution < -0.4 is 5.69 Å². The van der Waals surface area contributed by atoms with Crippen LogP contribution in [0.1, 0.15) is 36.2 Å². The molecule has 2 saturated heterocycles. The minimum atomic E-state index is -0.380. The number of nitrogens with zero attached hydrogens (tertiary/aromatic N) is 3. The Morgan fingerprint density at radius 1 is 1.26 bits per heavy atom. The molecule has 4 rings (SSSR count). The molecule has 0 aliphatic carbocycles. The van der Waals surface area contributed by atoms with E-state index in [1.807, 2.05) is 36.1 Å². The van der Waals surface area contributed by atoms with Crippen LogP contribution in [0.4, 0.5) is 0 Å². The van der Waals surface area contributed by atoms with Gasteiger partial charge in [-0.25, -0.2) is 4.79 Å². The predicted molar refractivity (Wildman–Crippen MR) is 115 cm³/mol. The number of benzene rings is 1. The van der Waals surface area contributed by atoms with Gasteiger partial charge >= 0.3 is 5.69 Å². The molecule has 0 spiro atoms. The lowest BCUT2D eigenvalue weighted by Crippen LogP contribution is -2.45. The van der Waals surface area contributed by atoms with Crippen molar-refractivity contribution in [1.82, 2.24) is 14.5 Å². The Morgan fingerprint density at radius 2 is 1.94 bits per heavy atom. The number of aliphatic hydroxyl groups is 1. The molecule has 1 aromatic carbocycles. The Kier molecular flexibility index (Phi) is 6.90. The van der Waals surface area contributed by atoms with Crippen molar-refractivity contribution in [3.8, 4) is 0 Å². The number of carboxylic acid groups (broad SMARTS) is 1. The van der Waals surface area contributed by atoms with Crippen LogP contribution in [-0.2, 0) is 22.6 Å². The normalized spacial score (nSPS) is 23.9. The molecule has 3 atom stereocenters. The van der Waals surface area contributed by atoms with E-state index in [4.69, 9.17) is 9.90 Å². The first kappa shape index (κ1) is 22.7. The van der Waals surface area contributed by atoms with Crippen molar-refractivity contribution in [1.29, 1.82) is 0 Å². The summed E-state index contributed by atoms with van der Waals surface area (Å²) in [5.41, 5.74) is 1.91. The molecule has 31 heavy (non-hydrogen) atoms. The van der Waals surface area contributed by atoms with E-state index in [-0.39, 0.29) is 48.7 Å². The average Bonchev–Trinajstić information content (AvgIpc) is 3.28. The molecule has 2 fully saturated rings. The van der Waals surface area contributed by atoms with Gasteiger partial charge in [-0.2, -0.15) is 4.98 Å². The van der Waals surface area contributed by atoms with Crippen molar-refractivity contribution >= 4 is 12.4 Å². The first-order valence-electron chi connectivity index (χ1n) is 10.4. The van der Waals surface area contributed by atoms with Crippen molar-refractivity contribution in [3.63, 3.8) is 0 Å². The number of hydrogen-bond donors (Lipinski definition) is 2. The summed E-state index contributed by atoms with van der Waals surface area (Å²) in [4.78, 5) is 39.7. The SMILES string of the molecule is Cc1cc(C)n(CC(=O)N2[C@H]3CC[C@@H]2[C@@](CO)(Cc2ccccc2)C3)c(=O)n1.O=CO. The molecule has 1 amide bonds. The molecular formula is C23H29N3O5. The minimum Gasteiger partial charge on any atom is -0.483 e. The summed E-state index contributed by atoms with van der Waals surface area (Å²) >= 11 is 0. The fourth-order valence-corrected chi connectivity index (χ4v) is 5.27. The summed E-state index contributed by atoms with van der Waals surface area (Å²) in [5, 5.41) is 17.2. The fourth-order valence-electron chi connectivity index (χ4n) is 5.27. The first-order chi connectivity index (χ1) is 14.8. The van der Waals surface area contributed by atoms with Crippen molar-refractivity contribution in [3.05, 3.63) is 63.8 Å². The molecule has 1 aromatic heterocycles. The van der Waals surface area contributed by atoms with Gasteiger partial charge in [-0.3, -0.25) is 14.2 Å². The standard InChI is InChI=1S/C22H27N3O3.CH2O2/c1-15-10-16(2)24(21(28)23-15)13-20(27)25-18-8-9-19(25)22(12-18,14-26)11-17-6-4-3-5-7-17;2-1-3/h3-7,10,18-19,26H,8-9,11-14H2,1-2H3;1H,(H,2,3)/t18-,19+,22-;/m0./s1. The topological polar surface area (TPSA) is 113 Å². The summed E-state index contributed by atoms with van der Waals surface area (Å²) in [6.45, 7) is 3.44. The summed E-state index contributed by atoms with van der Waals surface area (Å²) in [5.74, 6) is -0.0493. The number of aryl methyl sites for hydroxylation is 2. The van der Waals surface area contributed by atoms with Crippen molar-refractivity contribution in [2.45, 2.75) is 58.2 Å². The largest absolute Gasteiger partial charge is 0.483 e. The van der Waals surface area contributed by atoms with Gasteiger partial charge in [0.05, 0.1) is 6.61 Å². The van der Waals surface area contributed by atoms with Gasteiger partial charge in [0.2, 0.25) is 5.91 Å². The van der Waals surface area contributed by atoms with Gasteiger partial charge in [0.25, 0.3) is 6.47 Å². The van der Waals surface area contributed by atoms with Gasteiger partial charge in [0, 0.05) is 28.9 Å². The Morgan fingerprint density at radius 3 is 2.55 bits per heavy atom.